The molecule has 5 nitrogen and oxygen atoms in total. The van der Waals surface area contributed by atoms with Crippen LogP contribution in [0.3, 0.4) is 0 Å². The normalized spacial score (nSPS) is 12.5. The fraction of sp³-hybridized carbons (Fsp3) is 0.125. The van der Waals surface area contributed by atoms with Gasteiger partial charge in [-0.25, -0.2) is 0 Å². The van der Waals surface area contributed by atoms with Gasteiger partial charge in [0.25, 0.3) is 5.91 Å². The highest BCUT2D eigenvalue weighted by Crippen LogP contribution is 2.24. The average Bonchev–Trinajstić information content (AvgIpc) is 2.87. The largest absolute Gasteiger partial charge is 0.497 e. The molecule has 0 fully saturated rings. The molecule has 0 aliphatic carbocycles. The van der Waals surface area contributed by atoms with Crippen LogP contribution in [0.5, 0.6) is 5.75 Å². The quantitative estimate of drug-likeness (QED) is 0.908. The van der Waals surface area contributed by atoms with Gasteiger partial charge in [0.05, 0.1) is 13.5 Å². The molecule has 0 unspecified atom stereocenters. The Morgan fingerprint density at radius 1 is 1.19 bits per heavy atom. The van der Waals surface area contributed by atoms with Gasteiger partial charge < -0.3 is 15.4 Å². The molecule has 2 amide bonds. The molecule has 0 saturated heterocycles. The molecule has 2 aromatic rings. The number of carbonyl (C=O) groups is 2. The second kappa shape index (κ2) is 5.28. The van der Waals surface area contributed by atoms with Crippen molar-refractivity contribution in [1.29, 1.82) is 0 Å². The van der Waals surface area contributed by atoms with Crippen molar-refractivity contribution >= 4 is 23.2 Å². The molecule has 1 heterocycles. The lowest BCUT2D eigenvalue weighted by Gasteiger charge is -2.07. The molecular weight excluding hydrogens is 268 g/mol. The molecule has 21 heavy (non-hydrogen) atoms. The van der Waals surface area contributed by atoms with E-state index in [9.17, 15) is 9.59 Å². The molecule has 1 aliphatic heterocycles. The molecule has 0 spiro atoms. The summed E-state index contributed by atoms with van der Waals surface area (Å²) in [4.78, 5) is 23.5. The first kappa shape index (κ1) is 13.2. The summed E-state index contributed by atoms with van der Waals surface area (Å²) < 4.78 is 5.07. The summed E-state index contributed by atoms with van der Waals surface area (Å²) >= 11 is 0. The van der Waals surface area contributed by atoms with Crippen LogP contribution in [0.15, 0.2) is 42.5 Å². The number of nitrogens with one attached hydrogen (secondary N) is 2. The van der Waals surface area contributed by atoms with Crippen LogP contribution in [-0.2, 0) is 11.2 Å². The fourth-order valence-corrected chi connectivity index (χ4v) is 2.23. The van der Waals surface area contributed by atoms with Gasteiger partial charge in [0, 0.05) is 16.9 Å². The maximum atomic E-state index is 12.2. The van der Waals surface area contributed by atoms with Crippen LogP contribution in [0.1, 0.15) is 15.9 Å². The molecule has 106 valence electrons. The predicted molar refractivity (Wildman–Crippen MR) is 79.7 cm³/mol. The SMILES string of the molecule is COc1ccc(NC(=O)c2ccc3c(c2)NC(=O)C3)cc1. The second-order valence-electron chi connectivity index (χ2n) is 4.78. The Morgan fingerprint density at radius 2 is 1.95 bits per heavy atom. The maximum absolute atomic E-state index is 12.2. The number of carbonyl (C=O) groups excluding carboxylic acids is 2. The van der Waals surface area contributed by atoms with E-state index >= 15 is 0 Å². The van der Waals surface area contributed by atoms with E-state index in [0.29, 0.717) is 23.4 Å². The summed E-state index contributed by atoms with van der Waals surface area (Å²) in [6.45, 7) is 0. The minimum absolute atomic E-state index is 0.0438. The first-order valence-electron chi connectivity index (χ1n) is 6.54. The Hall–Kier alpha value is -2.82. The van der Waals surface area contributed by atoms with Gasteiger partial charge in [-0.05, 0) is 42.0 Å². The van der Waals surface area contributed by atoms with Gasteiger partial charge in [-0.1, -0.05) is 6.07 Å². The molecule has 0 bridgehead atoms. The van der Waals surface area contributed by atoms with Gasteiger partial charge >= 0.3 is 0 Å². The summed E-state index contributed by atoms with van der Waals surface area (Å²) in [6, 6.07) is 12.3. The molecule has 1 aliphatic rings. The molecule has 5 heteroatoms. The lowest BCUT2D eigenvalue weighted by molar-refractivity contribution is -0.115. The van der Waals surface area contributed by atoms with E-state index in [1.54, 1.807) is 49.6 Å². The van der Waals surface area contributed by atoms with Gasteiger partial charge in [0.1, 0.15) is 5.75 Å². The fourth-order valence-electron chi connectivity index (χ4n) is 2.23. The number of methoxy groups -OCH3 is 1. The minimum Gasteiger partial charge on any atom is -0.497 e. The monoisotopic (exact) mass is 282 g/mol. The Balaban J connectivity index is 1.76. The third kappa shape index (κ3) is 2.72. The van der Waals surface area contributed by atoms with Crippen LogP contribution >= 0.6 is 0 Å². The summed E-state index contributed by atoms with van der Waals surface area (Å²) in [6.07, 6.45) is 0.371. The lowest BCUT2D eigenvalue weighted by Crippen LogP contribution is -2.12. The highest BCUT2D eigenvalue weighted by atomic mass is 16.5. The van der Waals surface area contributed by atoms with Crippen LogP contribution in [0, 0.1) is 0 Å². The molecule has 0 saturated carbocycles. The van der Waals surface area contributed by atoms with Crippen molar-refractivity contribution < 1.29 is 14.3 Å². The van der Waals surface area contributed by atoms with Crippen LogP contribution in [-0.4, -0.2) is 18.9 Å². The first-order valence-corrected chi connectivity index (χ1v) is 6.54. The molecule has 0 atom stereocenters. The van der Waals surface area contributed by atoms with Crippen molar-refractivity contribution in [1.82, 2.24) is 0 Å². The number of benzene rings is 2. The van der Waals surface area contributed by atoms with Crippen LogP contribution in [0.2, 0.25) is 0 Å². The third-order valence-corrected chi connectivity index (χ3v) is 3.35. The number of hydrogen-bond acceptors (Lipinski definition) is 3. The van der Waals surface area contributed by atoms with E-state index in [4.69, 9.17) is 4.74 Å². The van der Waals surface area contributed by atoms with Crippen LogP contribution < -0.4 is 15.4 Å². The number of anilines is 2. The standard InChI is InChI=1S/C16H14N2O3/c1-21-13-6-4-12(5-7-13)17-16(20)11-3-2-10-9-15(19)18-14(10)8-11/h2-8H,9H2,1H3,(H,17,20)(H,18,19). The van der Waals surface area contributed by atoms with Crippen molar-refractivity contribution in [3.63, 3.8) is 0 Å². The summed E-state index contributed by atoms with van der Waals surface area (Å²) in [7, 11) is 1.59. The number of rotatable bonds is 3. The summed E-state index contributed by atoms with van der Waals surface area (Å²) in [5, 5.41) is 5.54. The Labute approximate surface area is 121 Å². The van der Waals surface area contributed by atoms with Crippen molar-refractivity contribution in [2.24, 2.45) is 0 Å². The first-order chi connectivity index (χ1) is 10.2. The van der Waals surface area contributed by atoms with E-state index in [2.05, 4.69) is 10.6 Å². The highest BCUT2D eigenvalue weighted by Gasteiger charge is 2.19. The summed E-state index contributed by atoms with van der Waals surface area (Å²) in [5.41, 5.74) is 2.82. The van der Waals surface area contributed by atoms with Gasteiger partial charge in [-0.3, -0.25) is 9.59 Å². The van der Waals surface area contributed by atoms with Crippen LogP contribution in [0.4, 0.5) is 11.4 Å². The number of amides is 2. The molecule has 0 radical (unpaired) electrons. The molecular formula is C16H14N2O3. The van der Waals surface area contributed by atoms with E-state index in [1.807, 2.05) is 0 Å². The van der Waals surface area contributed by atoms with Crippen molar-refractivity contribution in [3.05, 3.63) is 53.6 Å². The zero-order valence-corrected chi connectivity index (χ0v) is 11.5. The van der Waals surface area contributed by atoms with E-state index in [1.165, 1.54) is 0 Å². The van der Waals surface area contributed by atoms with Crippen molar-refractivity contribution in [2.75, 3.05) is 17.7 Å². The number of fused-ring (bicyclic) bond motifs is 1. The van der Waals surface area contributed by atoms with Crippen molar-refractivity contribution in [3.8, 4) is 5.75 Å². The average molecular weight is 282 g/mol. The van der Waals surface area contributed by atoms with Crippen LogP contribution in [0.25, 0.3) is 0 Å². The number of hydrogen-bond donors (Lipinski definition) is 2. The van der Waals surface area contributed by atoms with Gasteiger partial charge in [0.2, 0.25) is 5.91 Å². The van der Waals surface area contributed by atoms with Gasteiger partial charge in [0.15, 0.2) is 0 Å². The van der Waals surface area contributed by atoms with Crippen molar-refractivity contribution in [2.45, 2.75) is 6.42 Å². The molecule has 0 aromatic heterocycles. The third-order valence-electron chi connectivity index (χ3n) is 3.35. The lowest BCUT2D eigenvalue weighted by atomic mass is 10.1. The van der Waals surface area contributed by atoms with E-state index in [0.717, 1.165) is 11.3 Å². The Morgan fingerprint density at radius 3 is 2.67 bits per heavy atom. The Kier molecular flexibility index (Phi) is 3.31. The topological polar surface area (TPSA) is 67.4 Å². The van der Waals surface area contributed by atoms with Gasteiger partial charge in [-0.2, -0.15) is 0 Å². The molecule has 3 rings (SSSR count). The second-order valence-corrected chi connectivity index (χ2v) is 4.78. The smallest absolute Gasteiger partial charge is 0.255 e. The zero-order valence-electron chi connectivity index (χ0n) is 11.5. The highest BCUT2D eigenvalue weighted by molar-refractivity contribution is 6.07. The predicted octanol–water partition coefficient (Wildman–Crippen LogP) is 2.44. The summed E-state index contributed by atoms with van der Waals surface area (Å²) in [5.74, 6) is 0.468. The number of ether oxygens (including phenoxy) is 1. The zero-order chi connectivity index (χ0) is 14.8. The van der Waals surface area contributed by atoms with E-state index < -0.39 is 0 Å². The Bertz CT molecular complexity index is 708. The minimum atomic E-state index is -0.218. The molecule has 2 N–H and O–H groups in total. The van der Waals surface area contributed by atoms with Gasteiger partial charge in [-0.15, -0.1) is 0 Å². The maximum Gasteiger partial charge on any atom is 0.255 e. The molecule has 2 aromatic carbocycles. The van der Waals surface area contributed by atoms with E-state index in [-0.39, 0.29) is 11.8 Å².